The molecule has 0 radical (unpaired) electrons. The minimum absolute atomic E-state index is 0.0447. The van der Waals surface area contributed by atoms with Crippen molar-refractivity contribution < 1.29 is 19.1 Å². The highest BCUT2D eigenvalue weighted by atomic mass is 16.5. The fraction of sp³-hybridized carbons (Fsp3) is 0.364. The molecule has 0 unspecified atom stereocenters. The number of anilines is 1. The van der Waals surface area contributed by atoms with Crippen molar-refractivity contribution in [1.82, 2.24) is 4.90 Å². The van der Waals surface area contributed by atoms with E-state index < -0.39 is 0 Å². The molecule has 0 saturated carbocycles. The summed E-state index contributed by atoms with van der Waals surface area (Å²) in [5, 5.41) is 2.85. The minimum Gasteiger partial charge on any atom is -0.497 e. The van der Waals surface area contributed by atoms with E-state index in [-0.39, 0.29) is 18.2 Å². The maximum atomic E-state index is 12.2. The predicted octanol–water partition coefficient (Wildman–Crippen LogP) is 3.51. The Morgan fingerprint density at radius 2 is 1.79 bits per heavy atom. The van der Waals surface area contributed by atoms with Crippen molar-refractivity contribution in [2.75, 3.05) is 32.1 Å². The second kappa shape index (κ2) is 11.0. The Kier molecular flexibility index (Phi) is 8.34. The highest BCUT2D eigenvalue weighted by molar-refractivity contribution is 5.91. The summed E-state index contributed by atoms with van der Waals surface area (Å²) in [6.45, 7) is 4.98. The van der Waals surface area contributed by atoms with Gasteiger partial charge in [0, 0.05) is 32.1 Å². The molecule has 0 bridgehead atoms. The molecule has 0 aliphatic heterocycles. The Bertz CT molecular complexity index is 774. The number of carbonyl (C=O) groups is 2. The van der Waals surface area contributed by atoms with E-state index in [1.165, 1.54) is 6.92 Å². The molecule has 6 heteroatoms. The summed E-state index contributed by atoms with van der Waals surface area (Å²) in [6.07, 6.45) is 0.947. The summed E-state index contributed by atoms with van der Waals surface area (Å²) in [7, 11) is 1.63. The molecule has 0 atom stereocenters. The lowest BCUT2D eigenvalue weighted by Crippen LogP contribution is -2.33. The number of methoxy groups -OCH3 is 1. The topological polar surface area (TPSA) is 67.9 Å². The van der Waals surface area contributed by atoms with E-state index in [0.717, 1.165) is 17.1 Å². The number of nitrogens with one attached hydrogen (secondary N) is 1. The van der Waals surface area contributed by atoms with Crippen LogP contribution in [0, 0.1) is 0 Å². The van der Waals surface area contributed by atoms with Crippen LogP contribution in [0.4, 0.5) is 5.69 Å². The normalized spacial score (nSPS) is 10.2. The lowest BCUT2D eigenvalue weighted by atomic mass is 10.1. The van der Waals surface area contributed by atoms with Crippen LogP contribution in [0.2, 0.25) is 0 Å². The molecule has 0 aliphatic rings. The van der Waals surface area contributed by atoms with Gasteiger partial charge in [0.05, 0.1) is 13.7 Å². The molecule has 2 aromatic carbocycles. The maximum absolute atomic E-state index is 12.2. The summed E-state index contributed by atoms with van der Waals surface area (Å²) in [5.41, 5.74) is 1.80. The van der Waals surface area contributed by atoms with Gasteiger partial charge in [0.15, 0.2) is 0 Å². The first-order valence-corrected chi connectivity index (χ1v) is 9.43. The summed E-state index contributed by atoms with van der Waals surface area (Å²) >= 11 is 0. The van der Waals surface area contributed by atoms with E-state index in [2.05, 4.69) is 5.32 Å². The molecule has 1 N–H and O–H groups in total. The Balaban J connectivity index is 1.82. The van der Waals surface area contributed by atoms with Crippen molar-refractivity contribution in [3.8, 4) is 11.5 Å². The largest absolute Gasteiger partial charge is 0.497 e. The fourth-order valence-electron chi connectivity index (χ4n) is 2.78. The van der Waals surface area contributed by atoms with E-state index in [4.69, 9.17) is 9.47 Å². The first-order valence-electron chi connectivity index (χ1n) is 9.43. The highest BCUT2D eigenvalue weighted by Crippen LogP contribution is 2.16. The molecular weight excluding hydrogens is 356 g/mol. The van der Waals surface area contributed by atoms with Gasteiger partial charge in [0.2, 0.25) is 11.8 Å². The van der Waals surface area contributed by atoms with Crippen LogP contribution in [0.25, 0.3) is 0 Å². The van der Waals surface area contributed by atoms with E-state index in [9.17, 15) is 9.59 Å². The third-order valence-corrected chi connectivity index (χ3v) is 4.31. The quantitative estimate of drug-likeness (QED) is 0.681. The molecular formula is C22H28N2O4. The van der Waals surface area contributed by atoms with Crippen molar-refractivity contribution >= 4 is 17.5 Å². The van der Waals surface area contributed by atoms with Crippen molar-refractivity contribution in [1.29, 1.82) is 0 Å². The number of hydrogen-bond donors (Lipinski definition) is 1. The highest BCUT2D eigenvalue weighted by Gasteiger charge is 2.12. The van der Waals surface area contributed by atoms with E-state index >= 15 is 0 Å². The minimum atomic E-state index is -0.128. The zero-order valence-corrected chi connectivity index (χ0v) is 16.7. The van der Waals surface area contributed by atoms with Gasteiger partial charge in [0.1, 0.15) is 11.5 Å². The van der Waals surface area contributed by atoms with Gasteiger partial charge in [-0.3, -0.25) is 9.59 Å². The number of carbonyl (C=O) groups excluding carboxylic acids is 2. The lowest BCUT2D eigenvalue weighted by molar-refractivity contribution is -0.129. The standard InChI is InChI=1S/C22H28N2O4/c1-4-28-20-10-8-19(9-11-20)23-22(26)13-15-24(17(2)25)14-12-18-6-5-7-21(16-18)27-3/h5-11,16H,4,12-15H2,1-3H3,(H,23,26). The second-order valence-corrected chi connectivity index (χ2v) is 6.36. The molecule has 150 valence electrons. The Morgan fingerprint density at radius 1 is 1.04 bits per heavy atom. The average Bonchev–Trinajstić information content (AvgIpc) is 2.69. The Hall–Kier alpha value is -3.02. The van der Waals surface area contributed by atoms with Crippen molar-refractivity contribution in [2.24, 2.45) is 0 Å². The van der Waals surface area contributed by atoms with Gasteiger partial charge in [-0.1, -0.05) is 12.1 Å². The van der Waals surface area contributed by atoms with Gasteiger partial charge >= 0.3 is 0 Å². The Morgan fingerprint density at radius 3 is 2.43 bits per heavy atom. The van der Waals surface area contributed by atoms with E-state index in [1.54, 1.807) is 24.1 Å². The SMILES string of the molecule is CCOc1ccc(NC(=O)CCN(CCc2cccc(OC)c2)C(C)=O)cc1. The molecule has 0 fully saturated rings. The van der Waals surface area contributed by atoms with Crippen LogP contribution in [-0.2, 0) is 16.0 Å². The van der Waals surface area contributed by atoms with Crippen LogP contribution in [0.15, 0.2) is 48.5 Å². The van der Waals surface area contributed by atoms with Gasteiger partial charge < -0.3 is 19.7 Å². The monoisotopic (exact) mass is 384 g/mol. The molecule has 2 rings (SSSR count). The molecule has 28 heavy (non-hydrogen) atoms. The van der Waals surface area contributed by atoms with Crippen molar-refractivity contribution in [2.45, 2.75) is 26.7 Å². The second-order valence-electron chi connectivity index (χ2n) is 6.36. The van der Waals surface area contributed by atoms with Crippen LogP contribution in [0.3, 0.4) is 0 Å². The molecule has 0 saturated heterocycles. The van der Waals surface area contributed by atoms with Gasteiger partial charge in [0.25, 0.3) is 0 Å². The third-order valence-electron chi connectivity index (χ3n) is 4.31. The summed E-state index contributed by atoms with van der Waals surface area (Å²) in [6, 6.07) is 15.0. The third kappa shape index (κ3) is 6.95. The van der Waals surface area contributed by atoms with Crippen LogP contribution in [-0.4, -0.2) is 43.5 Å². The lowest BCUT2D eigenvalue weighted by Gasteiger charge is -2.21. The van der Waals surface area contributed by atoms with Gasteiger partial charge in [-0.15, -0.1) is 0 Å². The summed E-state index contributed by atoms with van der Waals surface area (Å²) in [4.78, 5) is 25.8. The number of benzene rings is 2. The van der Waals surface area contributed by atoms with Crippen LogP contribution in [0.5, 0.6) is 11.5 Å². The molecule has 2 amide bonds. The van der Waals surface area contributed by atoms with Gasteiger partial charge in [-0.2, -0.15) is 0 Å². The summed E-state index contributed by atoms with van der Waals surface area (Å²) < 4.78 is 10.6. The van der Waals surface area contributed by atoms with Crippen LogP contribution >= 0.6 is 0 Å². The molecule has 2 aromatic rings. The number of nitrogens with zero attached hydrogens (tertiary/aromatic N) is 1. The molecule has 0 aliphatic carbocycles. The Labute approximate surface area is 166 Å². The van der Waals surface area contributed by atoms with E-state index in [0.29, 0.717) is 31.8 Å². The maximum Gasteiger partial charge on any atom is 0.226 e. The summed E-state index contributed by atoms with van der Waals surface area (Å²) in [5.74, 6) is 1.39. The number of hydrogen-bond acceptors (Lipinski definition) is 4. The van der Waals surface area contributed by atoms with Crippen LogP contribution in [0.1, 0.15) is 25.8 Å². The molecule has 0 spiro atoms. The smallest absolute Gasteiger partial charge is 0.226 e. The number of rotatable bonds is 10. The first-order chi connectivity index (χ1) is 13.5. The van der Waals surface area contributed by atoms with E-state index in [1.807, 2.05) is 43.3 Å². The number of ether oxygens (including phenoxy) is 2. The number of amides is 2. The van der Waals surface area contributed by atoms with Gasteiger partial charge in [-0.05, 0) is 55.3 Å². The van der Waals surface area contributed by atoms with Gasteiger partial charge in [-0.25, -0.2) is 0 Å². The predicted molar refractivity (Wildman–Crippen MR) is 110 cm³/mol. The van der Waals surface area contributed by atoms with Crippen molar-refractivity contribution in [3.05, 3.63) is 54.1 Å². The zero-order valence-electron chi connectivity index (χ0n) is 16.7. The zero-order chi connectivity index (χ0) is 20.4. The first kappa shape index (κ1) is 21.3. The molecule has 6 nitrogen and oxygen atoms in total. The average molecular weight is 384 g/mol. The fourth-order valence-corrected chi connectivity index (χ4v) is 2.78. The molecule has 0 aromatic heterocycles. The van der Waals surface area contributed by atoms with Crippen molar-refractivity contribution in [3.63, 3.8) is 0 Å². The molecule has 0 heterocycles. The van der Waals surface area contributed by atoms with Crippen LogP contribution < -0.4 is 14.8 Å².